The largest absolute Gasteiger partial charge is 0.493 e. The molecular formula is C25H29NO5. The van der Waals surface area contributed by atoms with Gasteiger partial charge in [0.1, 0.15) is 5.75 Å². The third-order valence-corrected chi connectivity index (χ3v) is 5.58. The maximum atomic E-state index is 12.9. The number of carbonyl (C=O) groups excluding carboxylic acids is 1. The van der Waals surface area contributed by atoms with Gasteiger partial charge in [-0.25, -0.2) is 0 Å². The Morgan fingerprint density at radius 1 is 1.10 bits per heavy atom. The Hall–Kier alpha value is -2.99. The summed E-state index contributed by atoms with van der Waals surface area (Å²) in [5.74, 6) is 2.59. The molecule has 0 radical (unpaired) electrons. The van der Waals surface area contributed by atoms with Crippen molar-refractivity contribution in [2.75, 3.05) is 31.8 Å². The first-order valence-electron chi connectivity index (χ1n) is 10.6. The van der Waals surface area contributed by atoms with Crippen LogP contribution in [0.15, 0.2) is 54.3 Å². The predicted octanol–water partition coefficient (Wildman–Crippen LogP) is 4.28. The molecule has 164 valence electrons. The minimum atomic E-state index is -0.360. The van der Waals surface area contributed by atoms with Crippen molar-refractivity contribution in [2.45, 2.75) is 32.6 Å². The van der Waals surface area contributed by atoms with Gasteiger partial charge in [-0.15, -0.1) is 0 Å². The van der Waals surface area contributed by atoms with Crippen molar-refractivity contribution in [3.05, 3.63) is 59.9 Å². The van der Waals surface area contributed by atoms with Crippen LogP contribution in [0.4, 0.5) is 5.69 Å². The molecule has 2 aromatic rings. The second-order valence-electron chi connectivity index (χ2n) is 8.88. The maximum absolute atomic E-state index is 12.9. The van der Waals surface area contributed by atoms with Gasteiger partial charge in [0.2, 0.25) is 0 Å². The summed E-state index contributed by atoms with van der Waals surface area (Å²) in [6, 6.07) is 13.4. The van der Waals surface area contributed by atoms with E-state index in [0.29, 0.717) is 47.8 Å². The van der Waals surface area contributed by atoms with E-state index in [0.717, 1.165) is 0 Å². The molecule has 2 aliphatic rings. The Bertz CT molecular complexity index is 976. The van der Waals surface area contributed by atoms with Crippen LogP contribution in [-0.2, 0) is 4.79 Å². The lowest BCUT2D eigenvalue weighted by Crippen LogP contribution is -2.28. The normalized spacial score (nSPS) is 16.3. The average Bonchev–Trinajstić information content (AvgIpc) is 3.57. The van der Waals surface area contributed by atoms with Gasteiger partial charge < -0.3 is 24.2 Å². The van der Waals surface area contributed by atoms with Crippen molar-refractivity contribution in [2.24, 2.45) is 5.41 Å². The van der Waals surface area contributed by atoms with Crippen LogP contribution in [0.25, 0.3) is 0 Å². The van der Waals surface area contributed by atoms with Crippen molar-refractivity contribution in [3.63, 3.8) is 0 Å². The molecular weight excluding hydrogens is 394 g/mol. The molecule has 1 amide bonds. The molecule has 1 N–H and O–H groups in total. The zero-order valence-corrected chi connectivity index (χ0v) is 18.3. The van der Waals surface area contributed by atoms with E-state index in [-0.39, 0.29) is 17.9 Å². The predicted molar refractivity (Wildman–Crippen MR) is 119 cm³/mol. The van der Waals surface area contributed by atoms with Gasteiger partial charge in [-0.2, -0.15) is 0 Å². The fraction of sp³-hybridized carbons (Fsp3) is 0.400. The van der Waals surface area contributed by atoms with Crippen LogP contribution >= 0.6 is 0 Å². The number of methoxy groups -OCH3 is 1. The minimum absolute atomic E-state index is 0.0213. The van der Waals surface area contributed by atoms with Crippen LogP contribution < -0.4 is 19.1 Å². The number of nitrogens with zero attached hydrogens (tertiary/aromatic N) is 1. The average molecular weight is 424 g/mol. The second kappa shape index (κ2) is 8.63. The molecule has 1 fully saturated rings. The fourth-order valence-electron chi connectivity index (χ4n) is 3.40. The second-order valence-corrected chi connectivity index (χ2v) is 8.88. The summed E-state index contributed by atoms with van der Waals surface area (Å²) in [6.45, 7) is 4.64. The smallest absolute Gasteiger partial charge is 0.294 e. The van der Waals surface area contributed by atoms with Crippen LogP contribution in [-0.4, -0.2) is 37.9 Å². The van der Waals surface area contributed by atoms with E-state index >= 15 is 0 Å². The highest BCUT2D eigenvalue weighted by molar-refractivity contribution is 6.07. The molecule has 0 aromatic heterocycles. The lowest BCUT2D eigenvalue weighted by Gasteiger charge is -2.23. The van der Waals surface area contributed by atoms with E-state index in [1.54, 1.807) is 30.2 Å². The molecule has 2 aromatic carbocycles. The molecule has 6 nitrogen and oxygen atoms in total. The van der Waals surface area contributed by atoms with Crippen molar-refractivity contribution in [1.82, 2.24) is 0 Å². The molecule has 0 atom stereocenters. The molecule has 0 saturated heterocycles. The van der Waals surface area contributed by atoms with E-state index in [4.69, 9.17) is 14.2 Å². The van der Waals surface area contributed by atoms with E-state index < -0.39 is 0 Å². The Balaban J connectivity index is 1.42. The number of hydrogen-bond donors (Lipinski definition) is 1. The highest BCUT2D eigenvalue weighted by Crippen LogP contribution is 2.40. The first-order chi connectivity index (χ1) is 14.9. The summed E-state index contributed by atoms with van der Waals surface area (Å²) in [5, 5.41) is 9.41. The van der Waals surface area contributed by atoms with Gasteiger partial charge in [-0.1, -0.05) is 26.0 Å². The fourth-order valence-corrected chi connectivity index (χ4v) is 3.40. The Morgan fingerprint density at radius 2 is 1.84 bits per heavy atom. The number of amides is 1. The van der Waals surface area contributed by atoms with Gasteiger partial charge in [0, 0.05) is 23.7 Å². The van der Waals surface area contributed by atoms with E-state index in [1.807, 2.05) is 32.0 Å². The lowest BCUT2D eigenvalue weighted by atomic mass is 9.96. The standard InChI is InChI=1S/C25H29NO5/c1-25(2,15-27)16-30-21-11-8-19(14-23(21)29-3)26-13-12-22(24(26)28)31-20-9-6-18(7-10-20)17-4-5-17/h6-12,14,17,27H,4-5,13,15-16H2,1-3H3. The summed E-state index contributed by atoms with van der Waals surface area (Å²) in [6.07, 6.45) is 4.30. The van der Waals surface area contributed by atoms with Gasteiger partial charge >= 0.3 is 0 Å². The third-order valence-electron chi connectivity index (χ3n) is 5.58. The number of anilines is 1. The number of ether oxygens (including phenoxy) is 3. The van der Waals surface area contributed by atoms with Crippen LogP contribution in [0.3, 0.4) is 0 Å². The van der Waals surface area contributed by atoms with Gasteiger partial charge in [0.05, 0.1) is 20.3 Å². The molecule has 4 rings (SSSR count). The molecule has 1 saturated carbocycles. The van der Waals surface area contributed by atoms with Gasteiger partial charge in [0.25, 0.3) is 5.91 Å². The first kappa shape index (κ1) is 21.2. The molecule has 1 aliphatic heterocycles. The summed E-state index contributed by atoms with van der Waals surface area (Å²) in [7, 11) is 1.56. The Labute approximate surface area is 183 Å². The quantitative estimate of drug-likeness (QED) is 0.652. The summed E-state index contributed by atoms with van der Waals surface area (Å²) >= 11 is 0. The molecule has 1 aliphatic carbocycles. The highest BCUT2D eigenvalue weighted by Gasteiger charge is 2.29. The number of aliphatic hydroxyl groups excluding tert-OH is 1. The number of aliphatic hydroxyl groups is 1. The SMILES string of the molecule is COc1cc(N2CC=C(Oc3ccc(C4CC4)cc3)C2=O)ccc1OCC(C)(C)CO. The number of carbonyl (C=O) groups is 1. The maximum Gasteiger partial charge on any atom is 0.294 e. The molecule has 31 heavy (non-hydrogen) atoms. The summed E-state index contributed by atoms with van der Waals surface area (Å²) in [4.78, 5) is 14.5. The zero-order valence-electron chi connectivity index (χ0n) is 18.3. The number of hydrogen-bond acceptors (Lipinski definition) is 5. The third kappa shape index (κ3) is 4.85. The van der Waals surface area contributed by atoms with E-state index in [1.165, 1.54) is 18.4 Å². The first-order valence-corrected chi connectivity index (χ1v) is 10.6. The zero-order chi connectivity index (χ0) is 22.0. The number of benzene rings is 2. The topological polar surface area (TPSA) is 68.2 Å². The molecule has 0 unspecified atom stereocenters. The highest BCUT2D eigenvalue weighted by atomic mass is 16.5. The van der Waals surface area contributed by atoms with E-state index in [9.17, 15) is 9.90 Å². The van der Waals surface area contributed by atoms with Crippen LogP contribution in [0, 0.1) is 5.41 Å². The van der Waals surface area contributed by atoms with Gasteiger partial charge in [0.15, 0.2) is 17.3 Å². The van der Waals surface area contributed by atoms with Crippen LogP contribution in [0.2, 0.25) is 0 Å². The monoisotopic (exact) mass is 423 g/mol. The van der Waals surface area contributed by atoms with Crippen LogP contribution in [0.1, 0.15) is 38.2 Å². The van der Waals surface area contributed by atoms with E-state index in [2.05, 4.69) is 12.1 Å². The van der Waals surface area contributed by atoms with Crippen LogP contribution in [0.5, 0.6) is 17.2 Å². The molecule has 1 heterocycles. The summed E-state index contributed by atoms with van der Waals surface area (Å²) in [5.41, 5.74) is 1.67. The molecule has 0 spiro atoms. The number of rotatable bonds is 9. The Kier molecular flexibility index (Phi) is 5.92. The van der Waals surface area contributed by atoms with Crippen molar-refractivity contribution in [1.29, 1.82) is 0 Å². The van der Waals surface area contributed by atoms with Crippen molar-refractivity contribution < 1.29 is 24.1 Å². The van der Waals surface area contributed by atoms with Gasteiger partial charge in [-0.3, -0.25) is 4.79 Å². The lowest BCUT2D eigenvalue weighted by molar-refractivity contribution is -0.116. The molecule has 0 bridgehead atoms. The minimum Gasteiger partial charge on any atom is -0.493 e. The molecule has 6 heteroatoms. The Morgan fingerprint density at radius 3 is 2.48 bits per heavy atom. The van der Waals surface area contributed by atoms with Crippen molar-refractivity contribution >= 4 is 11.6 Å². The van der Waals surface area contributed by atoms with Crippen molar-refractivity contribution in [3.8, 4) is 17.2 Å². The summed E-state index contributed by atoms with van der Waals surface area (Å²) < 4.78 is 17.2. The van der Waals surface area contributed by atoms with Gasteiger partial charge in [-0.05, 0) is 54.7 Å².